The Morgan fingerprint density at radius 3 is 2.74 bits per heavy atom. The zero-order valence-electron chi connectivity index (χ0n) is 12.1. The smallest absolute Gasteiger partial charge is 0.293 e. The molecule has 0 amide bonds. The van der Waals surface area contributed by atoms with Gasteiger partial charge in [-0.25, -0.2) is 4.98 Å². The third-order valence-corrected chi connectivity index (χ3v) is 2.90. The second kappa shape index (κ2) is 8.69. The molecule has 1 aromatic heterocycles. The number of nitrogens with one attached hydrogen (secondary N) is 1. The van der Waals surface area contributed by atoms with Crippen molar-refractivity contribution in [3.63, 3.8) is 0 Å². The average molecular weight is 266 g/mol. The van der Waals surface area contributed by atoms with Crippen LogP contribution >= 0.6 is 0 Å². The van der Waals surface area contributed by atoms with Gasteiger partial charge >= 0.3 is 0 Å². The molecular formula is C14H26N4O. The van der Waals surface area contributed by atoms with Crippen molar-refractivity contribution in [3.05, 3.63) is 22.7 Å². The normalized spacial score (nSPS) is 10.9. The van der Waals surface area contributed by atoms with Crippen LogP contribution in [0.5, 0.6) is 0 Å². The molecule has 0 spiro atoms. The number of nitrogens with two attached hydrogens (primary N) is 1. The molecule has 1 heterocycles. The first-order valence-electron chi connectivity index (χ1n) is 7.14. The summed E-state index contributed by atoms with van der Waals surface area (Å²) in [6.45, 7) is 6.47. The minimum Gasteiger partial charge on any atom is -0.365 e. The predicted molar refractivity (Wildman–Crippen MR) is 79.3 cm³/mol. The van der Waals surface area contributed by atoms with Gasteiger partial charge in [0.1, 0.15) is 0 Å². The van der Waals surface area contributed by atoms with E-state index in [1.807, 2.05) is 0 Å². The Balaban J connectivity index is 2.43. The maximum atomic E-state index is 12.1. The van der Waals surface area contributed by atoms with Crippen molar-refractivity contribution in [1.82, 2.24) is 9.55 Å². The first-order valence-corrected chi connectivity index (χ1v) is 7.14. The number of rotatable bonds is 9. The van der Waals surface area contributed by atoms with Gasteiger partial charge < -0.3 is 15.6 Å². The van der Waals surface area contributed by atoms with Crippen LogP contribution in [0.25, 0.3) is 0 Å². The van der Waals surface area contributed by atoms with E-state index in [1.165, 1.54) is 0 Å². The van der Waals surface area contributed by atoms with Gasteiger partial charge in [-0.2, -0.15) is 0 Å². The summed E-state index contributed by atoms with van der Waals surface area (Å²) in [5.41, 5.74) is 5.41. The maximum absolute atomic E-state index is 12.1. The van der Waals surface area contributed by atoms with Crippen LogP contribution in [-0.4, -0.2) is 22.6 Å². The van der Waals surface area contributed by atoms with Crippen LogP contribution in [0, 0.1) is 5.92 Å². The van der Waals surface area contributed by atoms with Gasteiger partial charge in [-0.1, -0.05) is 26.7 Å². The highest BCUT2D eigenvalue weighted by molar-refractivity contribution is 5.30. The standard InChI is InChI=1S/C14H26N4O/c1-12(2)11-18-10-9-17-13(14(18)19)16-8-6-4-3-5-7-15/h9-10,12H,3-8,11,15H2,1-2H3,(H,16,17). The molecular weight excluding hydrogens is 240 g/mol. The van der Waals surface area contributed by atoms with Gasteiger partial charge in [0.25, 0.3) is 5.56 Å². The van der Waals surface area contributed by atoms with Crippen LogP contribution in [-0.2, 0) is 6.54 Å². The first-order chi connectivity index (χ1) is 9.15. The summed E-state index contributed by atoms with van der Waals surface area (Å²) in [5, 5.41) is 3.13. The molecule has 108 valence electrons. The van der Waals surface area contributed by atoms with E-state index in [0.29, 0.717) is 11.7 Å². The highest BCUT2D eigenvalue weighted by Crippen LogP contribution is 2.01. The zero-order valence-corrected chi connectivity index (χ0v) is 12.1. The summed E-state index contributed by atoms with van der Waals surface area (Å²) in [5.74, 6) is 0.909. The molecule has 0 radical (unpaired) electrons. The molecule has 3 N–H and O–H groups in total. The molecule has 0 unspecified atom stereocenters. The number of hydrogen-bond donors (Lipinski definition) is 2. The molecule has 0 atom stereocenters. The summed E-state index contributed by atoms with van der Waals surface area (Å²) in [6.07, 6.45) is 7.83. The Hall–Kier alpha value is -1.36. The summed E-state index contributed by atoms with van der Waals surface area (Å²) < 4.78 is 1.72. The second-order valence-corrected chi connectivity index (χ2v) is 5.26. The van der Waals surface area contributed by atoms with E-state index in [-0.39, 0.29) is 5.56 Å². The van der Waals surface area contributed by atoms with Gasteiger partial charge in [-0.15, -0.1) is 0 Å². The summed E-state index contributed by atoms with van der Waals surface area (Å²) in [7, 11) is 0. The lowest BCUT2D eigenvalue weighted by molar-refractivity contribution is 0.509. The van der Waals surface area contributed by atoms with Crippen LogP contribution in [0.1, 0.15) is 39.5 Å². The largest absolute Gasteiger partial charge is 0.365 e. The van der Waals surface area contributed by atoms with Crippen LogP contribution in [0.2, 0.25) is 0 Å². The third-order valence-electron chi connectivity index (χ3n) is 2.90. The van der Waals surface area contributed by atoms with E-state index in [4.69, 9.17) is 5.73 Å². The third kappa shape index (κ3) is 5.87. The monoisotopic (exact) mass is 266 g/mol. The zero-order chi connectivity index (χ0) is 14.1. The van der Waals surface area contributed by atoms with Crippen molar-refractivity contribution in [2.45, 2.75) is 46.1 Å². The summed E-state index contributed by atoms with van der Waals surface area (Å²) >= 11 is 0. The van der Waals surface area contributed by atoms with Crippen molar-refractivity contribution in [1.29, 1.82) is 0 Å². The minimum atomic E-state index is -0.0295. The first kappa shape index (κ1) is 15.7. The summed E-state index contributed by atoms with van der Waals surface area (Å²) in [6, 6.07) is 0. The number of aromatic nitrogens is 2. The maximum Gasteiger partial charge on any atom is 0.293 e. The second-order valence-electron chi connectivity index (χ2n) is 5.26. The molecule has 1 rings (SSSR count). The fourth-order valence-electron chi connectivity index (χ4n) is 1.94. The lowest BCUT2D eigenvalue weighted by Crippen LogP contribution is -2.26. The van der Waals surface area contributed by atoms with E-state index in [9.17, 15) is 4.79 Å². The van der Waals surface area contributed by atoms with E-state index in [1.54, 1.807) is 17.0 Å². The molecule has 1 aromatic rings. The topological polar surface area (TPSA) is 72.9 Å². The molecule has 19 heavy (non-hydrogen) atoms. The van der Waals surface area contributed by atoms with Crippen molar-refractivity contribution in [2.75, 3.05) is 18.4 Å². The van der Waals surface area contributed by atoms with E-state index in [2.05, 4.69) is 24.1 Å². The molecule has 0 saturated heterocycles. The average Bonchev–Trinajstić information content (AvgIpc) is 2.37. The van der Waals surface area contributed by atoms with Crippen molar-refractivity contribution in [2.24, 2.45) is 11.7 Å². The van der Waals surface area contributed by atoms with E-state index >= 15 is 0 Å². The Morgan fingerprint density at radius 1 is 1.32 bits per heavy atom. The molecule has 0 aliphatic carbocycles. The van der Waals surface area contributed by atoms with Gasteiger partial charge in [0.15, 0.2) is 5.82 Å². The highest BCUT2D eigenvalue weighted by atomic mass is 16.1. The number of anilines is 1. The van der Waals surface area contributed by atoms with Crippen molar-refractivity contribution >= 4 is 5.82 Å². The fourth-order valence-corrected chi connectivity index (χ4v) is 1.94. The molecule has 0 fully saturated rings. The molecule has 0 saturated carbocycles. The predicted octanol–water partition coefficient (Wildman–Crippen LogP) is 1.83. The van der Waals surface area contributed by atoms with Crippen LogP contribution in [0.3, 0.4) is 0 Å². The number of hydrogen-bond acceptors (Lipinski definition) is 4. The molecule has 5 nitrogen and oxygen atoms in total. The summed E-state index contributed by atoms with van der Waals surface area (Å²) in [4.78, 5) is 16.2. The Labute approximate surface area is 115 Å². The Bertz CT molecular complexity index is 414. The molecule has 0 aliphatic rings. The van der Waals surface area contributed by atoms with Gasteiger partial charge in [-0.3, -0.25) is 4.79 Å². The molecule has 0 aliphatic heterocycles. The van der Waals surface area contributed by atoms with E-state index in [0.717, 1.165) is 45.3 Å². The van der Waals surface area contributed by atoms with Gasteiger partial charge in [-0.05, 0) is 25.3 Å². The van der Waals surface area contributed by atoms with Crippen molar-refractivity contribution < 1.29 is 0 Å². The van der Waals surface area contributed by atoms with Gasteiger partial charge in [0.05, 0.1) is 0 Å². The lowest BCUT2D eigenvalue weighted by atomic mass is 10.2. The Kier molecular flexibility index (Phi) is 7.18. The highest BCUT2D eigenvalue weighted by Gasteiger charge is 2.05. The Morgan fingerprint density at radius 2 is 2.05 bits per heavy atom. The van der Waals surface area contributed by atoms with Gasteiger partial charge in [0.2, 0.25) is 0 Å². The van der Waals surface area contributed by atoms with Crippen LogP contribution in [0.15, 0.2) is 17.2 Å². The molecule has 0 aromatic carbocycles. The van der Waals surface area contributed by atoms with Crippen LogP contribution < -0.4 is 16.6 Å². The number of nitrogens with zero attached hydrogens (tertiary/aromatic N) is 2. The molecule has 5 heteroatoms. The number of unbranched alkanes of at least 4 members (excludes halogenated alkanes) is 3. The SMILES string of the molecule is CC(C)Cn1ccnc(NCCCCCCN)c1=O. The fraction of sp³-hybridized carbons (Fsp3) is 0.714. The molecule has 0 bridgehead atoms. The van der Waals surface area contributed by atoms with Crippen molar-refractivity contribution in [3.8, 4) is 0 Å². The lowest BCUT2D eigenvalue weighted by Gasteiger charge is -2.10. The minimum absolute atomic E-state index is 0.0295. The van der Waals surface area contributed by atoms with Crippen LogP contribution in [0.4, 0.5) is 5.82 Å². The quantitative estimate of drug-likeness (QED) is 0.669. The van der Waals surface area contributed by atoms with Gasteiger partial charge in [0, 0.05) is 25.5 Å². The van der Waals surface area contributed by atoms with E-state index < -0.39 is 0 Å².